The number of hydrogen-bond donors (Lipinski definition) is 2. The van der Waals surface area contributed by atoms with Gasteiger partial charge in [-0.1, -0.05) is 26.2 Å². The van der Waals surface area contributed by atoms with Crippen LogP contribution in [0.25, 0.3) is 0 Å². The summed E-state index contributed by atoms with van der Waals surface area (Å²) in [5.41, 5.74) is -0.567. The molecule has 0 aromatic rings. The van der Waals surface area contributed by atoms with Crippen LogP contribution in [0.3, 0.4) is 0 Å². The van der Waals surface area contributed by atoms with Crippen LogP contribution in [0, 0.1) is 5.41 Å². The predicted octanol–water partition coefficient (Wildman–Crippen LogP) is 1.87. The summed E-state index contributed by atoms with van der Waals surface area (Å²) in [6, 6.07) is 0.570. The van der Waals surface area contributed by atoms with Crippen LogP contribution >= 0.6 is 0 Å². The van der Waals surface area contributed by atoms with E-state index in [1.54, 1.807) is 0 Å². The summed E-state index contributed by atoms with van der Waals surface area (Å²) in [6.07, 6.45) is 6.28. The molecule has 0 aliphatic heterocycles. The Hall–Kier alpha value is -1.10. The third-order valence-electron chi connectivity index (χ3n) is 4.11. The molecule has 1 rings (SSSR count). The Bertz CT molecular complexity index is 336. The van der Waals surface area contributed by atoms with Gasteiger partial charge in [-0.15, -0.1) is 0 Å². The highest BCUT2D eigenvalue weighted by Gasteiger charge is 2.32. The third-order valence-corrected chi connectivity index (χ3v) is 4.11. The van der Waals surface area contributed by atoms with Gasteiger partial charge in [0.05, 0.1) is 5.41 Å². The molecule has 0 aromatic heterocycles. The number of carboxylic acids is 1. The lowest BCUT2D eigenvalue weighted by Gasteiger charge is -2.38. The van der Waals surface area contributed by atoms with E-state index in [-0.39, 0.29) is 12.5 Å². The normalized spacial score (nSPS) is 17.2. The minimum Gasteiger partial charge on any atom is -0.480 e. The highest BCUT2D eigenvalue weighted by molar-refractivity contribution is 5.85. The van der Waals surface area contributed by atoms with E-state index in [0.717, 1.165) is 6.54 Å². The molecular weight excluding hydrogens is 256 g/mol. The fourth-order valence-electron chi connectivity index (χ4n) is 2.92. The first-order chi connectivity index (χ1) is 9.36. The maximum atomic E-state index is 12.1. The fourth-order valence-corrected chi connectivity index (χ4v) is 2.92. The van der Waals surface area contributed by atoms with Gasteiger partial charge in [0, 0.05) is 12.6 Å². The van der Waals surface area contributed by atoms with E-state index >= 15 is 0 Å². The molecule has 1 amide bonds. The second-order valence-electron chi connectivity index (χ2n) is 6.32. The number of hydrogen-bond acceptors (Lipinski definition) is 3. The van der Waals surface area contributed by atoms with E-state index in [4.69, 9.17) is 5.11 Å². The maximum Gasteiger partial charge on any atom is 0.322 e. The lowest BCUT2D eigenvalue weighted by atomic mass is 9.88. The molecule has 0 unspecified atom stereocenters. The van der Waals surface area contributed by atoms with Crippen molar-refractivity contribution in [1.29, 1.82) is 0 Å². The van der Waals surface area contributed by atoms with E-state index in [0.29, 0.717) is 12.6 Å². The summed E-state index contributed by atoms with van der Waals surface area (Å²) in [7, 11) is 0. The third kappa shape index (κ3) is 5.12. The Balaban J connectivity index is 2.56. The first-order valence-corrected chi connectivity index (χ1v) is 7.61. The van der Waals surface area contributed by atoms with Crippen LogP contribution in [0.15, 0.2) is 0 Å². The number of carbonyl (C=O) groups excluding carboxylic acids is 1. The maximum absolute atomic E-state index is 12.1. The van der Waals surface area contributed by atoms with Gasteiger partial charge in [0.15, 0.2) is 0 Å². The van der Waals surface area contributed by atoms with Gasteiger partial charge in [-0.25, -0.2) is 0 Å². The van der Waals surface area contributed by atoms with Gasteiger partial charge in [0.1, 0.15) is 6.54 Å². The zero-order valence-corrected chi connectivity index (χ0v) is 12.9. The van der Waals surface area contributed by atoms with Crippen LogP contribution in [0.5, 0.6) is 0 Å². The highest BCUT2D eigenvalue weighted by Crippen LogP contribution is 2.26. The zero-order valence-electron chi connectivity index (χ0n) is 12.9. The molecule has 0 saturated heterocycles. The SMILES string of the molecule is CCN(CC(C)(C)C(=O)NCC(=O)O)C1CCCCC1. The molecule has 0 radical (unpaired) electrons. The first-order valence-electron chi connectivity index (χ1n) is 7.61. The highest BCUT2D eigenvalue weighted by atomic mass is 16.4. The smallest absolute Gasteiger partial charge is 0.322 e. The molecule has 1 fully saturated rings. The van der Waals surface area contributed by atoms with Crippen molar-refractivity contribution in [3.8, 4) is 0 Å². The number of carbonyl (C=O) groups is 2. The summed E-state index contributed by atoms with van der Waals surface area (Å²) in [6.45, 7) is 7.20. The van der Waals surface area contributed by atoms with Gasteiger partial charge >= 0.3 is 5.97 Å². The van der Waals surface area contributed by atoms with Crippen molar-refractivity contribution in [2.24, 2.45) is 5.41 Å². The monoisotopic (exact) mass is 284 g/mol. The fraction of sp³-hybridized carbons (Fsp3) is 0.867. The van der Waals surface area contributed by atoms with E-state index in [1.165, 1.54) is 32.1 Å². The van der Waals surface area contributed by atoms with Gasteiger partial charge in [0.25, 0.3) is 0 Å². The quantitative estimate of drug-likeness (QED) is 0.749. The zero-order chi connectivity index (χ0) is 15.2. The summed E-state index contributed by atoms with van der Waals surface area (Å²) in [5, 5.41) is 11.1. The van der Waals surface area contributed by atoms with Gasteiger partial charge in [-0.05, 0) is 33.2 Å². The van der Waals surface area contributed by atoms with E-state index < -0.39 is 11.4 Å². The molecule has 116 valence electrons. The van der Waals surface area contributed by atoms with Crippen LogP contribution in [-0.2, 0) is 9.59 Å². The molecule has 0 spiro atoms. The number of nitrogens with one attached hydrogen (secondary N) is 1. The molecule has 1 saturated carbocycles. The molecule has 0 bridgehead atoms. The van der Waals surface area contributed by atoms with Crippen molar-refractivity contribution in [2.75, 3.05) is 19.6 Å². The van der Waals surface area contributed by atoms with Crippen molar-refractivity contribution in [1.82, 2.24) is 10.2 Å². The molecule has 2 N–H and O–H groups in total. The van der Waals surface area contributed by atoms with Crippen LogP contribution in [0.4, 0.5) is 0 Å². The molecule has 20 heavy (non-hydrogen) atoms. The van der Waals surface area contributed by atoms with Gasteiger partial charge < -0.3 is 10.4 Å². The largest absolute Gasteiger partial charge is 0.480 e. The van der Waals surface area contributed by atoms with Crippen molar-refractivity contribution in [3.63, 3.8) is 0 Å². The Morgan fingerprint density at radius 3 is 2.35 bits per heavy atom. The van der Waals surface area contributed by atoms with Crippen LogP contribution in [0.1, 0.15) is 52.9 Å². The summed E-state index contributed by atoms with van der Waals surface area (Å²) >= 11 is 0. The van der Waals surface area contributed by atoms with Crippen molar-refractivity contribution in [3.05, 3.63) is 0 Å². The molecular formula is C15H28N2O3. The van der Waals surface area contributed by atoms with Gasteiger partial charge in [0.2, 0.25) is 5.91 Å². The van der Waals surface area contributed by atoms with Crippen LogP contribution in [0.2, 0.25) is 0 Å². The predicted molar refractivity (Wildman–Crippen MR) is 78.5 cm³/mol. The second-order valence-corrected chi connectivity index (χ2v) is 6.32. The second kappa shape index (κ2) is 7.62. The Labute approximate surface area is 121 Å². The van der Waals surface area contributed by atoms with E-state index in [1.807, 2.05) is 13.8 Å². The number of carboxylic acid groups (broad SMARTS) is 1. The molecule has 0 aromatic carbocycles. The standard InChI is InChI=1S/C15H28N2O3/c1-4-17(12-8-6-5-7-9-12)11-15(2,3)14(20)16-10-13(18)19/h12H,4-11H2,1-3H3,(H,16,20)(H,18,19). The van der Waals surface area contributed by atoms with E-state index in [9.17, 15) is 9.59 Å². The summed E-state index contributed by atoms with van der Waals surface area (Å²) in [4.78, 5) is 25.0. The van der Waals surface area contributed by atoms with Gasteiger partial charge in [-0.2, -0.15) is 0 Å². The average molecular weight is 284 g/mol. The number of nitrogens with zero attached hydrogens (tertiary/aromatic N) is 1. The van der Waals surface area contributed by atoms with Crippen LogP contribution < -0.4 is 5.32 Å². The first kappa shape index (κ1) is 17.0. The molecule has 0 atom stereocenters. The molecule has 1 aliphatic carbocycles. The minimum atomic E-state index is -1.01. The molecule has 0 heterocycles. The molecule has 1 aliphatic rings. The Morgan fingerprint density at radius 1 is 1.25 bits per heavy atom. The van der Waals surface area contributed by atoms with E-state index in [2.05, 4.69) is 17.1 Å². The average Bonchev–Trinajstić information content (AvgIpc) is 2.43. The minimum absolute atomic E-state index is 0.186. The topological polar surface area (TPSA) is 69.6 Å². The molecule has 5 nitrogen and oxygen atoms in total. The van der Waals surface area contributed by atoms with Gasteiger partial charge in [-0.3, -0.25) is 14.5 Å². The summed E-state index contributed by atoms with van der Waals surface area (Å²) in [5.74, 6) is -1.19. The van der Waals surface area contributed by atoms with Crippen LogP contribution in [-0.4, -0.2) is 47.6 Å². The van der Waals surface area contributed by atoms with Crippen molar-refractivity contribution in [2.45, 2.75) is 58.9 Å². The number of rotatable bonds is 7. The number of aliphatic carboxylic acids is 1. The Kier molecular flexibility index (Phi) is 6.46. The summed E-state index contributed by atoms with van der Waals surface area (Å²) < 4.78 is 0. The lowest BCUT2D eigenvalue weighted by Crippen LogP contribution is -2.49. The van der Waals surface area contributed by atoms with Crippen molar-refractivity contribution >= 4 is 11.9 Å². The molecule has 5 heteroatoms. The lowest BCUT2D eigenvalue weighted by molar-refractivity contribution is -0.140. The Morgan fingerprint density at radius 2 is 1.85 bits per heavy atom. The van der Waals surface area contributed by atoms with Crippen molar-refractivity contribution < 1.29 is 14.7 Å². The number of amides is 1.